The van der Waals surface area contributed by atoms with Crippen LogP contribution in [0.3, 0.4) is 0 Å². The third kappa shape index (κ3) is 2.87. The third-order valence-corrected chi connectivity index (χ3v) is 4.38. The van der Waals surface area contributed by atoms with E-state index in [2.05, 4.69) is 0 Å². The van der Waals surface area contributed by atoms with E-state index >= 15 is 0 Å². The van der Waals surface area contributed by atoms with Crippen molar-refractivity contribution in [1.29, 1.82) is 0 Å². The van der Waals surface area contributed by atoms with Gasteiger partial charge in [0.05, 0.1) is 6.10 Å². The van der Waals surface area contributed by atoms with E-state index in [1.807, 2.05) is 37.3 Å². The molecule has 98 valence electrons. The van der Waals surface area contributed by atoms with Crippen LogP contribution in [-0.2, 0) is 9.53 Å². The van der Waals surface area contributed by atoms with Crippen molar-refractivity contribution in [2.24, 2.45) is 0 Å². The van der Waals surface area contributed by atoms with E-state index in [1.54, 1.807) is 6.92 Å². The number of carbonyl (C=O) groups is 1. The molecule has 1 saturated heterocycles. The fraction of sp³-hybridized carbons (Fsp3) is 0.500. The number of esters is 1. The van der Waals surface area contributed by atoms with Crippen LogP contribution >= 0.6 is 11.8 Å². The highest BCUT2D eigenvalue weighted by atomic mass is 32.2. The second kappa shape index (κ2) is 5.33. The molecule has 3 atom stereocenters. The lowest BCUT2D eigenvalue weighted by atomic mass is 9.97. The largest absolute Gasteiger partial charge is 0.462 e. The zero-order valence-corrected chi connectivity index (χ0v) is 11.4. The summed E-state index contributed by atoms with van der Waals surface area (Å²) in [5, 5.41) is 9.64. The molecule has 0 spiro atoms. The maximum Gasteiger partial charge on any atom is 0.323 e. The molecule has 0 amide bonds. The first-order valence-corrected chi connectivity index (χ1v) is 6.97. The van der Waals surface area contributed by atoms with Crippen LogP contribution in [0.4, 0.5) is 0 Å². The van der Waals surface area contributed by atoms with Crippen molar-refractivity contribution in [2.75, 3.05) is 0 Å². The third-order valence-electron chi connectivity index (χ3n) is 2.98. The summed E-state index contributed by atoms with van der Waals surface area (Å²) < 4.78 is 4.64. The fourth-order valence-electron chi connectivity index (χ4n) is 2.36. The van der Waals surface area contributed by atoms with Crippen molar-refractivity contribution in [2.45, 2.75) is 48.5 Å². The van der Waals surface area contributed by atoms with Gasteiger partial charge in [-0.15, -0.1) is 11.8 Å². The Balaban J connectivity index is 2.23. The van der Waals surface area contributed by atoms with Crippen molar-refractivity contribution in [1.82, 2.24) is 0 Å². The molecular formula is C14H18O3S. The number of cyclic esters (lactones) is 1. The van der Waals surface area contributed by atoms with Crippen LogP contribution in [0.15, 0.2) is 35.2 Å². The highest BCUT2D eigenvalue weighted by molar-refractivity contribution is 8.01. The predicted octanol–water partition coefficient (Wildman–Crippen LogP) is 2.62. The number of aliphatic hydroxyl groups excluding tert-OH is 1. The minimum absolute atomic E-state index is 0.0764. The maximum atomic E-state index is 12.1. The number of ether oxygens (including phenoxy) is 1. The summed E-state index contributed by atoms with van der Waals surface area (Å²) in [7, 11) is 0. The van der Waals surface area contributed by atoms with Crippen molar-refractivity contribution in [3.63, 3.8) is 0 Å². The Hall–Kier alpha value is -1.00. The van der Waals surface area contributed by atoms with Gasteiger partial charge in [-0.25, -0.2) is 0 Å². The van der Waals surface area contributed by atoms with E-state index in [9.17, 15) is 9.90 Å². The molecule has 0 aromatic heterocycles. The number of benzene rings is 1. The quantitative estimate of drug-likeness (QED) is 0.851. The molecule has 2 rings (SSSR count). The van der Waals surface area contributed by atoms with Gasteiger partial charge in [0.25, 0.3) is 0 Å². The molecule has 1 N–H and O–H groups in total. The van der Waals surface area contributed by atoms with Gasteiger partial charge < -0.3 is 9.84 Å². The van der Waals surface area contributed by atoms with Gasteiger partial charge in [0.2, 0.25) is 0 Å². The minimum atomic E-state index is -0.644. The molecule has 4 heteroatoms. The van der Waals surface area contributed by atoms with Gasteiger partial charge in [-0.2, -0.15) is 0 Å². The van der Waals surface area contributed by atoms with E-state index in [0.29, 0.717) is 12.8 Å². The Morgan fingerprint density at radius 3 is 2.67 bits per heavy atom. The zero-order chi connectivity index (χ0) is 13.2. The lowest BCUT2D eigenvalue weighted by molar-refractivity contribution is -0.143. The fourth-order valence-corrected chi connectivity index (χ4v) is 3.88. The first-order chi connectivity index (χ1) is 8.52. The Kier molecular flexibility index (Phi) is 3.97. The highest BCUT2D eigenvalue weighted by Crippen LogP contribution is 2.45. The molecule has 1 heterocycles. The van der Waals surface area contributed by atoms with Gasteiger partial charge in [-0.1, -0.05) is 18.2 Å². The predicted molar refractivity (Wildman–Crippen MR) is 71.5 cm³/mol. The van der Waals surface area contributed by atoms with Gasteiger partial charge in [-0.05, 0) is 32.4 Å². The van der Waals surface area contributed by atoms with Crippen LogP contribution in [0.2, 0.25) is 0 Å². The van der Waals surface area contributed by atoms with E-state index in [-0.39, 0.29) is 12.1 Å². The average molecular weight is 266 g/mol. The number of hydrogen-bond donors (Lipinski definition) is 1. The Labute approximate surface area is 112 Å². The molecule has 3 nitrogen and oxygen atoms in total. The molecule has 0 unspecified atom stereocenters. The number of rotatable bonds is 4. The van der Waals surface area contributed by atoms with Gasteiger partial charge in [0, 0.05) is 11.3 Å². The van der Waals surface area contributed by atoms with Crippen molar-refractivity contribution >= 4 is 17.7 Å². The molecule has 0 radical (unpaired) electrons. The minimum Gasteiger partial charge on any atom is -0.462 e. The number of hydrogen-bond acceptors (Lipinski definition) is 4. The highest BCUT2D eigenvalue weighted by Gasteiger charge is 2.49. The first-order valence-electron chi connectivity index (χ1n) is 6.15. The van der Waals surface area contributed by atoms with Crippen molar-refractivity contribution in [3.05, 3.63) is 30.3 Å². The van der Waals surface area contributed by atoms with Gasteiger partial charge in [0.1, 0.15) is 10.9 Å². The van der Waals surface area contributed by atoms with Crippen LogP contribution in [0.1, 0.15) is 26.7 Å². The molecule has 0 saturated carbocycles. The van der Waals surface area contributed by atoms with E-state index in [1.165, 1.54) is 11.8 Å². The smallest absolute Gasteiger partial charge is 0.323 e. The van der Waals surface area contributed by atoms with Crippen molar-refractivity contribution < 1.29 is 14.6 Å². The topological polar surface area (TPSA) is 46.5 Å². The second-order valence-electron chi connectivity index (χ2n) is 4.88. The number of thioether (sulfide) groups is 1. The Morgan fingerprint density at radius 2 is 2.17 bits per heavy atom. The van der Waals surface area contributed by atoms with Gasteiger partial charge >= 0.3 is 5.97 Å². The molecular weight excluding hydrogens is 248 g/mol. The van der Waals surface area contributed by atoms with Crippen LogP contribution in [-0.4, -0.2) is 28.0 Å². The molecule has 1 fully saturated rings. The van der Waals surface area contributed by atoms with Crippen LogP contribution in [0, 0.1) is 0 Å². The molecule has 1 aliphatic rings. The Bertz CT molecular complexity index is 418. The van der Waals surface area contributed by atoms with Crippen LogP contribution < -0.4 is 0 Å². The summed E-state index contributed by atoms with van der Waals surface area (Å²) in [6.07, 6.45) is 0.484. The molecule has 1 aliphatic heterocycles. The second-order valence-corrected chi connectivity index (χ2v) is 6.34. The first kappa shape index (κ1) is 13.4. The SMILES string of the molecule is C[C@H](O)C[C@]1(Sc2ccccc2)C[C@H](C)OC1=O. The normalized spacial score (nSPS) is 29.1. The average Bonchev–Trinajstić information content (AvgIpc) is 2.53. The summed E-state index contributed by atoms with van der Waals surface area (Å²) in [4.78, 5) is 13.1. The lowest BCUT2D eigenvalue weighted by Gasteiger charge is -2.25. The molecule has 1 aromatic carbocycles. The van der Waals surface area contributed by atoms with Crippen LogP contribution in [0.5, 0.6) is 0 Å². The van der Waals surface area contributed by atoms with Gasteiger partial charge in [-0.3, -0.25) is 4.79 Å². The summed E-state index contributed by atoms with van der Waals surface area (Å²) in [5.41, 5.74) is 0. The lowest BCUT2D eigenvalue weighted by Crippen LogP contribution is -2.34. The number of aliphatic hydroxyl groups is 1. The zero-order valence-electron chi connectivity index (χ0n) is 10.6. The van der Waals surface area contributed by atoms with Crippen molar-refractivity contribution in [3.8, 4) is 0 Å². The summed E-state index contributed by atoms with van der Waals surface area (Å²) >= 11 is 1.50. The number of carbonyl (C=O) groups excluding carboxylic acids is 1. The Morgan fingerprint density at radius 1 is 1.50 bits per heavy atom. The van der Waals surface area contributed by atoms with Crippen LogP contribution in [0.25, 0.3) is 0 Å². The summed E-state index contributed by atoms with van der Waals surface area (Å²) in [5.74, 6) is -0.204. The monoisotopic (exact) mass is 266 g/mol. The summed E-state index contributed by atoms with van der Waals surface area (Å²) in [6.45, 7) is 3.61. The maximum absolute atomic E-state index is 12.1. The van der Waals surface area contributed by atoms with E-state index < -0.39 is 10.9 Å². The molecule has 18 heavy (non-hydrogen) atoms. The molecule has 1 aromatic rings. The van der Waals surface area contributed by atoms with Gasteiger partial charge in [0.15, 0.2) is 0 Å². The standard InChI is InChI=1S/C14H18O3S/c1-10(15)8-14(9-11(2)17-13(14)16)18-12-6-4-3-5-7-12/h3-7,10-11,15H,8-9H2,1-2H3/t10-,11-,14-/m0/s1. The molecule has 0 aliphatic carbocycles. The molecule has 0 bridgehead atoms. The van der Waals surface area contributed by atoms with E-state index in [4.69, 9.17) is 4.74 Å². The summed E-state index contributed by atoms with van der Waals surface area (Å²) in [6, 6.07) is 9.79. The van der Waals surface area contributed by atoms with E-state index in [0.717, 1.165) is 4.90 Å².